The van der Waals surface area contributed by atoms with Gasteiger partial charge in [0.1, 0.15) is 0 Å². The molecule has 1 fully saturated rings. The van der Waals surface area contributed by atoms with Crippen LogP contribution >= 0.6 is 15.9 Å². The number of ether oxygens (including phenoxy) is 1. The molecule has 0 spiro atoms. The second-order valence-corrected chi connectivity index (χ2v) is 5.01. The summed E-state index contributed by atoms with van der Waals surface area (Å²) in [6.07, 6.45) is 1.31. The van der Waals surface area contributed by atoms with Crippen molar-refractivity contribution in [1.29, 1.82) is 0 Å². The Morgan fingerprint density at radius 2 is 2.13 bits per heavy atom. The molecule has 0 aromatic heterocycles. The minimum absolute atomic E-state index is 0.322. The molecule has 82 valence electrons. The maximum Gasteiger partial charge on any atom is 0.0740 e. The molecule has 1 aliphatic rings. The summed E-state index contributed by atoms with van der Waals surface area (Å²) in [5.41, 5.74) is 1.33. The fourth-order valence-corrected chi connectivity index (χ4v) is 2.01. The molecule has 0 bridgehead atoms. The lowest BCUT2D eigenvalue weighted by Crippen LogP contribution is -2.45. The SMILES string of the molecule is CC1COC(Cc2ccc(Br)cc2)CN1. The lowest BCUT2D eigenvalue weighted by atomic mass is 10.1. The zero-order valence-electron chi connectivity index (χ0n) is 8.87. The first kappa shape index (κ1) is 11.1. The Morgan fingerprint density at radius 1 is 1.40 bits per heavy atom. The Hall–Kier alpha value is -0.380. The maximum atomic E-state index is 5.75. The number of hydrogen-bond donors (Lipinski definition) is 1. The summed E-state index contributed by atoms with van der Waals surface area (Å²) in [5, 5.41) is 3.43. The summed E-state index contributed by atoms with van der Waals surface area (Å²) in [5.74, 6) is 0. The van der Waals surface area contributed by atoms with Crippen LogP contribution in [0.15, 0.2) is 28.7 Å². The fourth-order valence-electron chi connectivity index (χ4n) is 1.75. The highest BCUT2D eigenvalue weighted by Crippen LogP contribution is 2.13. The van der Waals surface area contributed by atoms with Gasteiger partial charge in [0.15, 0.2) is 0 Å². The van der Waals surface area contributed by atoms with Gasteiger partial charge in [-0.05, 0) is 31.0 Å². The highest BCUT2D eigenvalue weighted by molar-refractivity contribution is 9.10. The molecular weight excluding hydrogens is 254 g/mol. The number of morpholine rings is 1. The maximum absolute atomic E-state index is 5.75. The molecule has 0 radical (unpaired) electrons. The summed E-state index contributed by atoms with van der Waals surface area (Å²) in [6, 6.07) is 8.94. The van der Waals surface area contributed by atoms with E-state index in [4.69, 9.17) is 4.74 Å². The van der Waals surface area contributed by atoms with Crippen LogP contribution in [0.5, 0.6) is 0 Å². The van der Waals surface area contributed by atoms with Crippen LogP contribution in [0.1, 0.15) is 12.5 Å². The third kappa shape index (κ3) is 3.30. The predicted octanol–water partition coefficient (Wildman–Crippen LogP) is 2.37. The molecule has 2 nitrogen and oxygen atoms in total. The third-order valence-corrected chi connectivity index (χ3v) is 3.18. The molecule has 1 N–H and O–H groups in total. The van der Waals surface area contributed by atoms with E-state index in [0.717, 1.165) is 24.0 Å². The molecule has 1 saturated heterocycles. The lowest BCUT2D eigenvalue weighted by Gasteiger charge is -2.28. The Bertz CT molecular complexity index is 304. The van der Waals surface area contributed by atoms with Gasteiger partial charge in [-0.3, -0.25) is 0 Å². The van der Waals surface area contributed by atoms with Crippen molar-refractivity contribution >= 4 is 15.9 Å². The number of nitrogens with one attached hydrogen (secondary N) is 1. The molecule has 2 rings (SSSR count). The van der Waals surface area contributed by atoms with Crippen LogP contribution in [0.4, 0.5) is 0 Å². The van der Waals surface area contributed by atoms with Crippen LogP contribution in [0.3, 0.4) is 0 Å². The molecule has 1 aromatic rings. The van der Waals surface area contributed by atoms with Gasteiger partial charge in [-0.15, -0.1) is 0 Å². The minimum atomic E-state index is 0.322. The molecule has 0 saturated carbocycles. The monoisotopic (exact) mass is 269 g/mol. The second-order valence-electron chi connectivity index (χ2n) is 4.10. The van der Waals surface area contributed by atoms with Crippen molar-refractivity contribution < 1.29 is 4.74 Å². The van der Waals surface area contributed by atoms with Crippen LogP contribution in [-0.2, 0) is 11.2 Å². The van der Waals surface area contributed by atoms with Gasteiger partial charge in [0.2, 0.25) is 0 Å². The van der Waals surface area contributed by atoms with Crippen LogP contribution in [0, 0.1) is 0 Å². The summed E-state index contributed by atoms with van der Waals surface area (Å²) in [4.78, 5) is 0. The zero-order chi connectivity index (χ0) is 10.7. The lowest BCUT2D eigenvalue weighted by molar-refractivity contribution is 0.00881. The fraction of sp³-hybridized carbons (Fsp3) is 0.500. The number of rotatable bonds is 2. The van der Waals surface area contributed by atoms with E-state index in [0.29, 0.717) is 12.1 Å². The Morgan fingerprint density at radius 3 is 2.73 bits per heavy atom. The first-order chi connectivity index (χ1) is 7.24. The van der Waals surface area contributed by atoms with Gasteiger partial charge in [-0.25, -0.2) is 0 Å². The largest absolute Gasteiger partial charge is 0.375 e. The average molecular weight is 270 g/mol. The van der Waals surface area contributed by atoms with Crippen LogP contribution < -0.4 is 5.32 Å². The minimum Gasteiger partial charge on any atom is -0.375 e. The highest BCUT2D eigenvalue weighted by Gasteiger charge is 2.17. The van der Waals surface area contributed by atoms with Crippen molar-refractivity contribution in [2.75, 3.05) is 13.2 Å². The van der Waals surface area contributed by atoms with Gasteiger partial charge in [-0.2, -0.15) is 0 Å². The normalized spacial score (nSPS) is 26.5. The summed E-state index contributed by atoms with van der Waals surface area (Å²) in [6.45, 7) is 3.92. The number of hydrogen-bond acceptors (Lipinski definition) is 2. The van der Waals surface area contributed by atoms with Crippen molar-refractivity contribution in [1.82, 2.24) is 5.32 Å². The van der Waals surface area contributed by atoms with Crippen molar-refractivity contribution in [3.63, 3.8) is 0 Å². The van der Waals surface area contributed by atoms with E-state index < -0.39 is 0 Å². The van der Waals surface area contributed by atoms with Crippen LogP contribution in [0.25, 0.3) is 0 Å². The molecule has 2 unspecified atom stereocenters. The van der Waals surface area contributed by atoms with Crippen molar-refractivity contribution in [3.05, 3.63) is 34.3 Å². The van der Waals surface area contributed by atoms with Gasteiger partial charge in [0.25, 0.3) is 0 Å². The number of benzene rings is 1. The first-order valence-electron chi connectivity index (χ1n) is 5.33. The summed E-state index contributed by atoms with van der Waals surface area (Å²) >= 11 is 3.43. The van der Waals surface area contributed by atoms with E-state index >= 15 is 0 Å². The summed E-state index contributed by atoms with van der Waals surface area (Å²) in [7, 11) is 0. The molecule has 1 aliphatic heterocycles. The van der Waals surface area contributed by atoms with Gasteiger partial charge < -0.3 is 10.1 Å². The molecule has 3 heteroatoms. The van der Waals surface area contributed by atoms with E-state index in [1.165, 1.54) is 5.56 Å². The first-order valence-corrected chi connectivity index (χ1v) is 6.13. The molecule has 1 heterocycles. The molecule has 15 heavy (non-hydrogen) atoms. The van der Waals surface area contributed by atoms with Gasteiger partial charge in [0, 0.05) is 17.1 Å². The Labute approximate surface area is 99.1 Å². The molecule has 0 amide bonds. The van der Waals surface area contributed by atoms with Gasteiger partial charge in [0.05, 0.1) is 12.7 Å². The number of halogens is 1. The highest BCUT2D eigenvalue weighted by atomic mass is 79.9. The second kappa shape index (κ2) is 5.10. The zero-order valence-corrected chi connectivity index (χ0v) is 10.5. The van der Waals surface area contributed by atoms with Crippen molar-refractivity contribution in [2.24, 2.45) is 0 Å². The average Bonchev–Trinajstić information content (AvgIpc) is 2.25. The summed E-state index contributed by atoms with van der Waals surface area (Å²) < 4.78 is 6.88. The Kier molecular flexibility index (Phi) is 3.78. The molecule has 0 aliphatic carbocycles. The van der Waals surface area contributed by atoms with E-state index in [9.17, 15) is 0 Å². The Balaban J connectivity index is 1.89. The van der Waals surface area contributed by atoms with Gasteiger partial charge in [-0.1, -0.05) is 28.1 Å². The topological polar surface area (TPSA) is 21.3 Å². The van der Waals surface area contributed by atoms with E-state index in [-0.39, 0.29) is 0 Å². The quantitative estimate of drug-likeness (QED) is 0.890. The standard InChI is InChI=1S/C12H16BrNO/c1-9-8-15-12(7-14-9)6-10-2-4-11(13)5-3-10/h2-5,9,12,14H,6-8H2,1H3. The third-order valence-electron chi connectivity index (χ3n) is 2.65. The van der Waals surface area contributed by atoms with Crippen molar-refractivity contribution in [3.8, 4) is 0 Å². The van der Waals surface area contributed by atoms with Crippen molar-refractivity contribution in [2.45, 2.75) is 25.5 Å². The van der Waals surface area contributed by atoms with E-state index in [2.05, 4.69) is 52.4 Å². The van der Waals surface area contributed by atoms with E-state index in [1.54, 1.807) is 0 Å². The van der Waals surface area contributed by atoms with Gasteiger partial charge >= 0.3 is 0 Å². The molecule has 1 aromatic carbocycles. The molecular formula is C12H16BrNO. The predicted molar refractivity (Wildman–Crippen MR) is 65.1 cm³/mol. The van der Waals surface area contributed by atoms with Crippen LogP contribution in [-0.4, -0.2) is 25.3 Å². The van der Waals surface area contributed by atoms with E-state index in [1.807, 2.05) is 0 Å². The molecule has 2 atom stereocenters. The smallest absolute Gasteiger partial charge is 0.0740 e. The van der Waals surface area contributed by atoms with Crippen LogP contribution in [0.2, 0.25) is 0 Å².